The molecule has 0 unspecified atom stereocenters. The van der Waals surface area contributed by atoms with Crippen molar-refractivity contribution in [3.05, 3.63) is 23.3 Å². The Morgan fingerprint density at radius 2 is 1.63 bits per heavy atom. The average Bonchev–Trinajstić information content (AvgIpc) is 2.65. The van der Waals surface area contributed by atoms with Gasteiger partial charge >= 0.3 is 6.03 Å². The van der Waals surface area contributed by atoms with Gasteiger partial charge in [0, 0.05) is 14.1 Å². The van der Waals surface area contributed by atoms with Crippen LogP contribution in [0, 0.1) is 5.92 Å². The van der Waals surface area contributed by atoms with E-state index in [9.17, 15) is 9.59 Å². The van der Waals surface area contributed by atoms with Gasteiger partial charge < -0.3 is 4.90 Å². The lowest BCUT2D eigenvalue weighted by atomic mass is 9.82. The van der Waals surface area contributed by atoms with Gasteiger partial charge in [0.1, 0.15) is 0 Å². The Hall–Kier alpha value is -1.58. The van der Waals surface area contributed by atoms with E-state index in [-0.39, 0.29) is 23.9 Å². The lowest BCUT2D eigenvalue weighted by Crippen LogP contribution is -2.58. The van der Waals surface area contributed by atoms with Gasteiger partial charge in [-0.25, -0.2) is 4.79 Å². The first-order valence-corrected chi connectivity index (χ1v) is 7.05. The highest BCUT2D eigenvalue weighted by Crippen LogP contribution is 2.37. The molecule has 2 atom stereocenters. The van der Waals surface area contributed by atoms with E-state index in [1.165, 1.54) is 35.3 Å². The van der Waals surface area contributed by atoms with Crippen molar-refractivity contribution in [1.82, 2.24) is 9.80 Å². The lowest BCUT2D eigenvalue weighted by Gasteiger charge is -2.42. The maximum atomic E-state index is 12.3. The second kappa shape index (κ2) is 4.51. The Balaban J connectivity index is 1.98. The summed E-state index contributed by atoms with van der Waals surface area (Å²) in [5.41, 5.74) is 2.69. The summed E-state index contributed by atoms with van der Waals surface area (Å²) in [4.78, 5) is 27.2. The maximum absolute atomic E-state index is 12.3. The summed E-state index contributed by atoms with van der Waals surface area (Å²) in [6, 6.07) is -0.290. The van der Waals surface area contributed by atoms with E-state index in [2.05, 4.69) is 12.2 Å². The number of nitrogens with zero attached hydrogens (tertiary/aromatic N) is 2. The van der Waals surface area contributed by atoms with E-state index in [1.807, 2.05) is 0 Å². The molecule has 1 aliphatic heterocycles. The van der Waals surface area contributed by atoms with Crippen LogP contribution in [0.1, 0.15) is 32.1 Å². The number of hydrogen-bond donors (Lipinski definition) is 0. The van der Waals surface area contributed by atoms with Gasteiger partial charge in [0.25, 0.3) is 0 Å². The van der Waals surface area contributed by atoms with Crippen LogP contribution in [-0.4, -0.2) is 41.9 Å². The summed E-state index contributed by atoms with van der Waals surface area (Å²) >= 11 is 0. The number of amides is 3. The second-order valence-corrected chi connectivity index (χ2v) is 5.75. The summed E-state index contributed by atoms with van der Waals surface area (Å²) in [6.07, 6.45) is 10.1. The fourth-order valence-corrected chi connectivity index (χ4v) is 3.39. The number of imide groups is 1. The maximum Gasteiger partial charge on any atom is 0.326 e. The SMILES string of the molecule is CN1C(=O)[C@@H]2C=C3CCCCCC3=C[C@@H]2N(C)C1=O. The van der Waals surface area contributed by atoms with Crippen molar-refractivity contribution in [3.8, 4) is 0 Å². The number of hydrogen-bond acceptors (Lipinski definition) is 2. The highest BCUT2D eigenvalue weighted by molar-refractivity contribution is 5.99. The minimum Gasteiger partial charge on any atom is -0.320 e. The van der Waals surface area contributed by atoms with Gasteiger partial charge in [0.15, 0.2) is 0 Å². The quantitative estimate of drug-likeness (QED) is 0.670. The summed E-state index contributed by atoms with van der Waals surface area (Å²) in [6.45, 7) is 0. The predicted octanol–water partition coefficient (Wildman–Crippen LogP) is 2.33. The molecule has 0 aromatic heterocycles. The number of urea groups is 1. The molecule has 2 aliphatic carbocycles. The van der Waals surface area contributed by atoms with Crippen molar-refractivity contribution < 1.29 is 9.59 Å². The van der Waals surface area contributed by atoms with Gasteiger partial charge in [0.2, 0.25) is 5.91 Å². The van der Waals surface area contributed by atoms with Crippen molar-refractivity contribution in [1.29, 1.82) is 0 Å². The zero-order valence-electron chi connectivity index (χ0n) is 11.6. The van der Waals surface area contributed by atoms with E-state index in [4.69, 9.17) is 0 Å². The average molecular weight is 260 g/mol. The highest BCUT2D eigenvalue weighted by Gasteiger charge is 2.43. The number of carbonyl (C=O) groups excluding carboxylic acids is 2. The standard InChI is InChI=1S/C15H20N2O2/c1-16-13-9-11-7-5-3-4-6-10(11)8-12(13)14(18)17(2)15(16)19/h8-9,12-13H,3-7H2,1-2H3/t12-,13+/m1/s1. The summed E-state index contributed by atoms with van der Waals surface area (Å²) < 4.78 is 0. The zero-order chi connectivity index (χ0) is 13.6. The first kappa shape index (κ1) is 12.5. The molecule has 4 nitrogen and oxygen atoms in total. The third kappa shape index (κ3) is 1.90. The molecule has 3 amide bonds. The van der Waals surface area contributed by atoms with Crippen LogP contribution in [0.4, 0.5) is 4.79 Å². The van der Waals surface area contributed by atoms with Gasteiger partial charge in [-0.2, -0.15) is 0 Å². The van der Waals surface area contributed by atoms with Crippen molar-refractivity contribution in [3.63, 3.8) is 0 Å². The van der Waals surface area contributed by atoms with E-state index in [0.29, 0.717) is 0 Å². The molecule has 3 rings (SSSR count). The van der Waals surface area contributed by atoms with Crippen LogP contribution < -0.4 is 0 Å². The van der Waals surface area contributed by atoms with E-state index >= 15 is 0 Å². The van der Waals surface area contributed by atoms with Gasteiger partial charge in [-0.15, -0.1) is 0 Å². The molecule has 3 aliphatic rings. The molecule has 2 fully saturated rings. The first-order chi connectivity index (χ1) is 9.09. The number of rotatable bonds is 0. The third-order valence-corrected chi connectivity index (χ3v) is 4.58. The molecule has 0 radical (unpaired) electrons. The molecule has 1 saturated carbocycles. The Morgan fingerprint density at radius 3 is 2.32 bits per heavy atom. The fraction of sp³-hybridized carbons (Fsp3) is 0.600. The van der Waals surface area contributed by atoms with Crippen LogP contribution in [0.25, 0.3) is 0 Å². The van der Waals surface area contributed by atoms with Gasteiger partial charge in [-0.05, 0) is 36.8 Å². The molecule has 0 N–H and O–H groups in total. The molecule has 1 saturated heterocycles. The molecule has 4 heteroatoms. The van der Waals surface area contributed by atoms with Crippen LogP contribution in [0.2, 0.25) is 0 Å². The molecule has 0 bridgehead atoms. The van der Waals surface area contributed by atoms with E-state index in [0.717, 1.165) is 12.8 Å². The van der Waals surface area contributed by atoms with E-state index in [1.54, 1.807) is 19.0 Å². The second-order valence-electron chi connectivity index (χ2n) is 5.75. The topological polar surface area (TPSA) is 40.6 Å². The fourth-order valence-electron chi connectivity index (χ4n) is 3.39. The van der Waals surface area contributed by atoms with Crippen molar-refractivity contribution in [2.24, 2.45) is 5.92 Å². The lowest BCUT2D eigenvalue weighted by molar-refractivity contribution is -0.134. The smallest absolute Gasteiger partial charge is 0.320 e. The first-order valence-electron chi connectivity index (χ1n) is 7.05. The Kier molecular flexibility index (Phi) is 2.96. The van der Waals surface area contributed by atoms with Crippen molar-refractivity contribution >= 4 is 11.9 Å². The molecule has 0 aromatic rings. The number of allylic oxidation sites excluding steroid dienone is 2. The molecule has 0 aromatic carbocycles. The largest absolute Gasteiger partial charge is 0.326 e. The molecule has 0 spiro atoms. The predicted molar refractivity (Wildman–Crippen MR) is 72.5 cm³/mol. The molecule has 102 valence electrons. The van der Waals surface area contributed by atoms with E-state index < -0.39 is 0 Å². The normalized spacial score (nSPS) is 31.3. The van der Waals surface area contributed by atoms with Gasteiger partial charge in [-0.3, -0.25) is 9.69 Å². The number of fused-ring (bicyclic) bond motifs is 2. The van der Waals surface area contributed by atoms with Crippen LogP contribution in [0.3, 0.4) is 0 Å². The van der Waals surface area contributed by atoms with Gasteiger partial charge in [-0.1, -0.05) is 18.6 Å². The summed E-state index contributed by atoms with van der Waals surface area (Å²) in [7, 11) is 3.36. The van der Waals surface area contributed by atoms with Crippen LogP contribution in [0.15, 0.2) is 23.3 Å². The molecule has 19 heavy (non-hydrogen) atoms. The van der Waals surface area contributed by atoms with Crippen LogP contribution in [-0.2, 0) is 4.79 Å². The third-order valence-electron chi connectivity index (χ3n) is 4.58. The Morgan fingerprint density at radius 1 is 1.00 bits per heavy atom. The Labute approximate surface area is 113 Å². The minimum absolute atomic E-state index is 0.0693. The minimum atomic E-state index is -0.200. The highest BCUT2D eigenvalue weighted by atomic mass is 16.2. The summed E-state index contributed by atoms with van der Waals surface area (Å²) in [5.74, 6) is -0.260. The van der Waals surface area contributed by atoms with Crippen molar-refractivity contribution in [2.45, 2.75) is 38.1 Å². The molecule has 1 heterocycles. The van der Waals surface area contributed by atoms with Crippen LogP contribution >= 0.6 is 0 Å². The molecular weight excluding hydrogens is 240 g/mol. The van der Waals surface area contributed by atoms with Crippen molar-refractivity contribution in [2.75, 3.05) is 14.1 Å². The number of likely N-dealkylation sites (N-methyl/N-ethyl adjacent to an activating group) is 1. The molecular formula is C15H20N2O2. The Bertz CT molecular complexity index is 492. The monoisotopic (exact) mass is 260 g/mol. The number of carbonyl (C=O) groups is 2. The van der Waals surface area contributed by atoms with Crippen LogP contribution in [0.5, 0.6) is 0 Å². The summed E-state index contributed by atoms with van der Waals surface area (Å²) in [5, 5.41) is 0. The van der Waals surface area contributed by atoms with Gasteiger partial charge in [0.05, 0.1) is 12.0 Å². The zero-order valence-corrected chi connectivity index (χ0v) is 11.6.